The van der Waals surface area contributed by atoms with Crippen LogP contribution in [0.5, 0.6) is 0 Å². The van der Waals surface area contributed by atoms with Gasteiger partial charge in [-0.1, -0.05) is 13.0 Å². The number of rotatable bonds is 6. The highest BCUT2D eigenvalue weighted by atomic mass is 32.1. The van der Waals surface area contributed by atoms with Gasteiger partial charge in [0.2, 0.25) is 5.91 Å². The lowest BCUT2D eigenvalue weighted by Crippen LogP contribution is -2.45. The zero-order valence-corrected chi connectivity index (χ0v) is 11.7. The van der Waals surface area contributed by atoms with Crippen LogP contribution in [-0.4, -0.2) is 30.9 Å². The lowest BCUT2D eigenvalue weighted by molar-refractivity contribution is -0.139. The predicted molar refractivity (Wildman–Crippen MR) is 73.1 cm³/mol. The molecule has 0 fully saturated rings. The molecule has 0 saturated carbocycles. The number of carbonyl (C=O) groups excluding carboxylic acids is 1. The molecule has 96 valence electrons. The maximum atomic E-state index is 12.2. The summed E-state index contributed by atoms with van der Waals surface area (Å²) < 4.78 is 0. The molecule has 0 spiro atoms. The average molecular weight is 254 g/mol. The van der Waals surface area contributed by atoms with Crippen molar-refractivity contribution in [3.05, 3.63) is 22.4 Å². The van der Waals surface area contributed by atoms with Crippen molar-refractivity contribution >= 4 is 17.2 Å². The Labute approximate surface area is 108 Å². The molecular weight excluding hydrogens is 232 g/mol. The Morgan fingerprint density at radius 1 is 1.59 bits per heavy atom. The van der Waals surface area contributed by atoms with Crippen LogP contribution in [0.3, 0.4) is 0 Å². The second kappa shape index (κ2) is 6.17. The van der Waals surface area contributed by atoms with Gasteiger partial charge in [-0.2, -0.15) is 0 Å². The fourth-order valence-corrected chi connectivity index (χ4v) is 2.38. The second-order valence-electron chi connectivity index (χ2n) is 4.67. The highest BCUT2D eigenvalue weighted by Crippen LogP contribution is 2.22. The highest BCUT2D eigenvalue weighted by molar-refractivity contribution is 7.09. The standard InChI is InChI=1S/C13H22N2OS/c1-4-13(2,10-14)12(16)15(3)8-7-11-6-5-9-17-11/h5-6,9H,4,7-8,10,14H2,1-3H3. The van der Waals surface area contributed by atoms with Gasteiger partial charge in [0.25, 0.3) is 0 Å². The SMILES string of the molecule is CCC(C)(CN)C(=O)N(C)CCc1cccs1. The summed E-state index contributed by atoms with van der Waals surface area (Å²) in [5.41, 5.74) is 5.29. The molecule has 0 bridgehead atoms. The quantitative estimate of drug-likeness (QED) is 0.845. The molecule has 2 N–H and O–H groups in total. The maximum absolute atomic E-state index is 12.2. The molecule has 1 heterocycles. The Bertz CT molecular complexity index is 344. The third-order valence-electron chi connectivity index (χ3n) is 3.37. The number of nitrogens with zero attached hydrogens (tertiary/aromatic N) is 1. The zero-order valence-electron chi connectivity index (χ0n) is 10.9. The van der Waals surface area contributed by atoms with E-state index in [0.29, 0.717) is 6.54 Å². The van der Waals surface area contributed by atoms with Gasteiger partial charge >= 0.3 is 0 Å². The molecule has 0 saturated heterocycles. The normalized spacial score (nSPS) is 14.4. The first-order valence-corrected chi connectivity index (χ1v) is 6.89. The minimum absolute atomic E-state index is 0.152. The first-order valence-electron chi connectivity index (χ1n) is 6.01. The Morgan fingerprint density at radius 3 is 2.76 bits per heavy atom. The smallest absolute Gasteiger partial charge is 0.229 e. The van der Waals surface area contributed by atoms with Crippen molar-refractivity contribution in [2.45, 2.75) is 26.7 Å². The Morgan fingerprint density at radius 2 is 2.29 bits per heavy atom. The molecule has 1 unspecified atom stereocenters. The third kappa shape index (κ3) is 3.54. The number of thiophene rings is 1. The number of nitrogens with two attached hydrogens (primary N) is 1. The summed E-state index contributed by atoms with van der Waals surface area (Å²) in [6.45, 7) is 5.12. The summed E-state index contributed by atoms with van der Waals surface area (Å²) in [5.74, 6) is 0.152. The van der Waals surface area contributed by atoms with E-state index < -0.39 is 5.41 Å². The molecule has 1 aromatic heterocycles. The van der Waals surface area contributed by atoms with Crippen molar-refractivity contribution in [2.24, 2.45) is 11.1 Å². The van der Waals surface area contributed by atoms with Crippen LogP contribution in [-0.2, 0) is 11.2 Å². The zero-order chi connectivity index (χ0) is 12.9. The van der Waals surface area contributed by atoms with E-state index in [-0.39, 0.29) is 5.91 Å². The van der Waals surface area contributed by atoms with E-state index in [0.717, 1.165) is 19.4 Å². The van der Waals surface area contributed by atoms with E-state index in [9.17, 15) is 4.79 Å². The van der Waals surface area contributed by atoms with E-state index in [1.54, 1.807) is 16.2 Å². The van der Waals surface area contributed by atoms with Crippen molar-refractivity contribution in [1.82, 2.24) is 4.90 Å². The number of hydrogen-bond donors (Lipinski definition) is 1. The molecule has 0 aliphatic rings. The van der Waals surface area contributed by atoms with Crippen LogP contribution in [0, 0.1) is 5.41 Å². The first kappa shape index (κ1) is 14.2. The van der Waals surface area contributed by atoms with Crippen LogP contribution in [0.15, 0.2) is 17.5 Å². The lowest BCUT2D eigenvalue weighted by Gasteiger charge is -2.30. The highest BCUT2D eigenvalue weighted by Gasteiger charge is 2.31. The summed E-state index contributed by atoms with van der Waals surface area (Å²) in [4.78, 5) is 15.4. The average Bonchev–Trinajstić information content (AvgIpc) is 2.87. The van der Waals surface area contributed by atoms with Crippen LogP contribution in [0.1, 0.15) is 25.1 Å². The van der Waals surface area contributed by atoms with E-state index in [1.807, 2.05) is 27.0 Å². The number of amides is 1. The number of carbonyl (C=O) groups is 1. The minimum atomic E-state index is -0.413. The number of likely N-dealkylation sites (N-methyl/N-ethyl adjacent to an activating group) is 1. The fraction of sp³-hybridized carbons (Fsp3) is 0.615. The van der Waals surface area contributed by atoms with Crippen LogP contribution < -0.4 is 5.73 Å². The number of hydrogen-bond acceptors (Lipinski definition) is 3. The van der Waals surface area contributed by atoms with Crippen molar-refractivity contribution in [3.63, 3.8) is 0 Å². The van der Waals surface area contributed by atoms with Crippen molar-refractivity contribution in [1.29, 1.82) is 0 Å². The van der Waals surface area contributed by atoms with Crippen LogP contribution >= 0.6 is 11.3 Å². The molecule has 1 rings (SSSR count). The maximum Gasteiger partial charge on any atom is 0.229 e. The van der Waals surface area contributed by atoms with Gasteiger partial charge in [-0.05, 0) is 31.2 Å². The summed E-state index contributed by atoms with van der Waals surface area (Å²) in [6, 6.07) is 4.14. The van der Waals surface area contributed by atoms with Gasteiger partial charge in [-0.25, -0.2) is 0 Å². The van der Waals surface area contributed by atoms with Gasteiger partial charge in [-0.3, -0.25) is 4.79 Å². The molecule has 1 atom stereocenters. The predicted octanol–water partition coefficient (Wildman–Crippen LogP) is 2.12. The Balaban J connectivity index is 2.52. The van der Waals surface area contributed by atoms with E-state index >= 15 is 0 Å². The van der Waals surface area contributed by atoms with E-state index in [1.165, 1.54) is 4.88 Å². The molecule has 0 radical (unpaired) electrons. The molecular formula is C13H22N2OS. The van der Waals surface area contributed by atoms with Crippen LogP contribution in [0.4, 0.5) is 0 Å². The summed E-state index contributed by atoms with van der Waals surface area (Å²) in [6.07, 6.45) is 1.70. The first-order chi connectivity index (χ1) is 8.03. The molecule has 1 aromatic rings. The van der Waals surface area contributed by atoms with Gasteiger partial charge in [-0.15, -0.1) is 11.3 Å². The Hall–Kier alpha value is -0.870. The second-order valence-corrected chi connectivity index (χ2v) is 5.71. The topological polar surface area (TPSA) is 46.3 Å². The van der Waals surface area contributed by atoms with Crippen LogP contribution in [0.25, 0.3) is 0 Å². The van der Waals surface area contributed by atoms with Gasteiger partial charge in [0.05, 0.1) is 5.41 Å². The molecule has 1 amide bonds. The third-order valence-corrected chi connectivity index (χ3v) is 4.30. The van der Waals surface area contributed by atoms with Gasteiger partial charge in [0.15, 0.2) is 0 Å². The van der Waals surface area contributed by atoms with Crippen molar-refractivity contribution < 1.29 is 4.79 Å². The molecule has 0 aromatic carbocycles. The largest absolute Gasteiger partial charge is 0.345 e. The monoisotopic (exact) mass is 254 g/mol. The van der Waals surface area contributed by atoms with Crippen molar-refractivity contribution in [2.75, 3.05) is 20.1 Å². The van der Waals surface area contributed by atoms with Crippen molar-refractivity contribution in [3.8, 4) is 0 Å². The van der Waals surface area contributed by atoms with E-state index in [4.69, 9.17) is 5.73 Å². The van der Waals surface area contributed by atoms with Gasteiger partial charge in [0.1, 0.15) is 0 Å². The minimum Gasteiger partial charge on any atom is -0.345 e. The lowest BCUT2D eigenvalue weighted by atomic mass is 9.86. The fourth-order valence-electron chi connectivity index (χ4n) is 1.68. The Kier molecular flexibility index (Phi) is 5.15. The van der Waals surface area contributed by atoms with Gasteiger partial charge < -0.3 is 10.6 Å². The summed E-state index contributed by atoms with van der Waals surface area (Å²) >= 11 is 1.73. The summed E-state index contributed by atoms with van der Waals surface area (Å²) in [7, 11) is 1.86. The van der Waals surface area contributed by atoms with E-state index in [2.05, 4.69) is 11.4 Å². The summed E-state index contributed by atoms with van der Waals surface area (Å²) in [5, 5.41) is 2.06. The molecule has 17 heavy (non-hydrogen) atoms. The molecule has 4 heteroatoms. The molecule has 0 aliphatic carbocycles. The van der Waals surface area contributed by atoms with Gasteiger partial charge in [0, 0.05) is 25.0 Å². The van der Waals surface area contributed by atoms with Crippen LogP contribution in [0.2, 0.25) is 0 Å². The molecule has 3 nitrogen and oxygen atoms in total. The molecule has 0 aliphatic heterocycles.